The standard InChI is InChI=1S/C25H40N2O3/c1-24-9-6-17(27-30-18-8-11-26-14-18)13-22(24)16(15-29-3)12-19-20-4-5-23(28)25(20,2)10-7-21(19)24/h13,16,18-22,26-27H,4-12,14-15H2,1-3H3/t16?,18?,19-,20-,21+,22?,24+,25-/m0/s1. The zero-order chi connectivity index (χ0) is 20.9. The molecule has 0 aromatic carbocycles. The van der Waals surface area contributed by atoms with Crippen molar-refractivity contribution in [2.75, 3.05) is 26.8 Å². The van der Waals surface area contributed by atoms with Crippen LogP contribution in [0.4, 0.5) is 0 Å². The molecule has 0 aromatic rings. The molecule has 4 fully saturated rings. The molecule has 8 atom stereocenters. The molecule has 0 radical (unpaired) electrons. The van der Waals surface area contributed by atoms with Gasteiger partial charge >= 0.3 is 0 Å². The highest BCUT2D eigenvalue weighted by Gasteiger charge is 2.61. The number of allylic oxidation sites excluding steroid dienone is 2. The molecular weight excluding hydrogens is 376 g/mol. The predicted octanol–water partition coefficient (Wildman–Crippen LogP) is 3.85. The van der Waals surface area contributed by atoms with Crippen LogP contribution < -0.4 is 10.8 Å². The molecule has 168 valence electrons. The summed E-state index contributed by atoms with van der Waals surface area (Å²) in [5, 5.41) is 3.37. The van der Waals surface area contributed by atoms with E-state index in [-0.39, 0.29) is 11.5 Å². The summed E-state index contributed by atoms with van der Waals surface area (Å²) in [5.41, 5.74) is 4.85. The quantitative estimate of drug-likeness (QED) is 0.667. The van der Waals surface area contributed by atoms with Gasteiger partial charge in [-0.3, -0.25) is 15.1 Å². The van der Waals surface area contributed by atoms with Gasteiger partial charge in [0.2, 0.25) is 0 Å². The summed E-state index contributed by atoms with van der Waals surface area (Å²) < 4.78 is 5.73. The van der Waals surface area contributed by atoms with E-state index in [0.717, 1.165) is 57.7 Å². The zero-order valence-electron chi connectivity index (χ0n) is 19.0. The van der Waals surface area contributed by atoms with Crippen LogP contribution in [-0.2, 0) is 14.4 Å². The molecule has 5 nitrogen and oxygen atoms in total. The number of hydrogen-bond donors (Lipinski definition) is 2. The Morgan fingerprint density at radius 3 is 2.80 bits per heavy atom. The highest BCUT2D eigenvalue weighted by Crippen LogP contribution is 2.66. The van der Waals surface area contributed by atoms with E-state index in [4.69, 9.17) is 9.57 Å². The van der Waals surface area contributed by atoms with Crippen molar-refractivity contribution in [2.45, 2.75) is 71.3 Å². The second-order valence-corrected chi connectivity index (χ2v) is 11.3. The first-order valence-corrected chi connectivity index (χ1v) is 12.3. The maximum absolute atomic E-state index is 12.7. The number of rotatable bonds is 5. The van der Waals surface area contributed by atoms with Crippen LogP contribution in [0.2, 0.25) is 0 Å². The molecule has 1 aliphatic heterocycles. The number of carbonyl (C=O) groups excluding carboxylic acids is 1. The first-order chi connectivity index (χ1) is 14.5. The summed E-state index contributed by atoms with van der Waals surface area (Å²) in [5.74, 6) is 3.60. The normalized spacial score (nSPS) is 48.0. The highest BCUT2D eigenvalue weighted by atomic mass is 16.7. The minimum atomic E-state index is -0.0532. The van der Waals surface area contributed by atoms with Crippen molar-refractivity contribution in [3.63, 3.8) is 0 Å². The number of hydroxylamine groups is 1. The molecule has 3 unspecified atom stereocenters. The fraction of sp³-hybridized carbons (Fsp3) is 0.880. The van der Waals surface area contributed by atoms with Crippen molar-refractivity contribution in [3.8, 4) is 0 Å². The minimum absolute atomic E-state index is 0.0532. The van der Waals surface area contributed by atoms with Gasteiger partial charge < -0.3 is 10.1 Å². The topological polar surface area (TPSA) is 59.6 Å². The van der Waals surface area contributed by atoms with E-state index in [1.165, 1.54) is 25.0 Å². The summed E-state index contributed by atoms with van der Waals surface area (Å²) in [4.78, 5) is 18.7. The number of ketones is 1. The predicted molar refractivity (Wildman–Crippen MR) is 116 cm³/mol. The van der Waals surface area contributed by atoms with Crippen LogP contribution in [-0.4, -0.2) is 38.7 Å². The Bertz CT molecular complexity index is 703. The van der Waals surface area contributed by atoms with Crippen molar-refractivity contribution >= 4 is 5.78 Å². The summed E-state index contributed by atoms with van der Waals surface area (Å²) >= 11 is 0. The minimum Gasteiger partial charge on any atom is -0.384 e. The molecule has 1 heterocycles. The Kier molecular flexibility index (Phi) is 5.52. The second-order valence-electron chi connectivity index (χ2n) is 11.3. The summed E-state index contributed by atoms with van der Waals surface area (Å²) in [6, 6.07) is 0. The van der Waals surface area contributed by atoms with Gasteiger partial charge in [0.15, 0.2) is 0 Å². The van der Waals surface area contributed by atoms with E-state index >= 15 is 0 Å². The van der Waals surface area contributed by atoms with Gasteiger partial charge in [0.05, 0.1) is 6.10 Å². The molecule has 1 saturated heterocycles. The zero-order valence-corrected chi connectivity index (χ0v) is 19.0. The maximum atomic E-state index is 12.7. The van der Waals surface area contributed by atoms with E-state index in [1.54, 1.807) is 0 Å². The lowest BCUT2D eigenvalue weighted by Gasteiger charge is -2.61. The van der Waals surface area contributed by atoms with E-state index in [2.05, 4.69) is 30.7 Å². The van der Waals surface area contributed by atoms with Gasteiger partial charge in [-0.2, -0.15) is 0 Å². The van der Waals surface area contributed by atoms with Crippen molar-refractivity contribution in [1.29, 1.82) is 0 Å². The molecule has 0 amide bonds. The van der Waals surface area contributed by atoms with E-state index in [9.17, 15) is 4.79 Å². The van der Waals surface area contributed by atoms with Gasteiger partial charge in [0.25, 0.3) is 0 Å². The lowest BCUT2D eigenvalue weighted by atomic mass is 9.44. The lowest BCUT2D eigenvalue weighted by molar-refractivity contribution is -0.142. The van der Waals surface area contributed by atoms with E-state index < -0.39 is 0 Å². The molecule has 0 spiro atoms. The van der Waals surface area contributed by atoms with Gasteiger partial charge in [0.1, 0.15) is 5.78 Å². The van der Waals surface area contributed by atoms with Crippen LogP contribution in [0.25, 0.3) is 0 Å². The Morgan fingerprint density at radius 1 is 1.17 bits per heavy atom. The third kappa shape index (κ3) is 3.27. The number of methoxy groups -OCH3 is 1. The molecule has 5 aliphatic rings. The SMILES string of the molecule is COCC1C[C@@H]2[C@@H](CC[C@]3(C)C(=O)CC[C@@H]23)[C@@]2(C)CCC(NOC3CCNC3)=CC12. The van der Waals surface area contributed by atoms with Crippen LogP contribution in [0.5, 0.6) is 0 Å². The highest BCUT2D eigenvalue weighted by molar-refractivity contribution is 5.87. The molecule has 4 aliphatic carbocycles. The van der Waals surface area contributed by atoms with Crippen LogP contribution >= 0.6 is 0 Å². The Morgan fingerprint density at radius 2 is 2.03 bits per heavy atom. The summed E-state index contributed by atoms with van der Waals surface area (Å²) in [7, 11) is 1.84. The van der Waals surface area contributed by atoms with Gasteiger partial charge in [-0.15, -0.1) is 0 Å². The van der Waals surface area contributed by atoms with Crippen LogP contribution in [0, 0.1) is 40.4 Å². The first kappa shape index (κ1) is 21.0. The van der Waals surface area contributed by atoms with Crippen molar-refractivity contribution in [1.82, 2.24) is 10.8 Å². The molecule has 2 N–H and O–H groups in total. The number of Topliss-reactive ketones (excluding diaryl/α,β-unsaturated/α-hetero) is 1. The number of carbonyl (C=O) groups is 1. The molecule has 30 heavy (non-hydrogen) atoms. The molecule has 3 saturated carbocycles. The molecular formula is C25H40N2O3. The average Bonchev–Trinajstić information content (AvgIpc) is 3.35. The molecule has 5 rings (SSSR count). The third-order valence-corrected chi connectivity index (χ3v) is 9.90. The smallest absolute Gasteiger partial charge is 0.139 e. The van der Waals surface area contributed by atoms with Gasteiger partial charge in [-0.1, -0.05) is 19.9 Å². The van der Waals surface area contributed by atoms with Crippen molar-refractivity contribution < 1.29 is 14.4 Å². The van der Waals surface area contributed by atoms with Crippen LogP contribution in [0.1, 0.15) is 65.2 Å². The number of hydrogen-bond acceptors (Lipinski definition) is 5. The molecule has 5 heteroatoms. The van der Waals surface area contributed by atoms with Crippen molar-refractivity contribution in [3.05, 3.63) is 11.8 Å². The monoisotopic (exact) mass is 416 g/mol. The summed E-state index contributed by atoms with van der Waals surface area (Å²) in [6.07, 6.45) is 11.6. The lowest BCUT2D eigenvalue weighted by Crippen LogP contribution is -2.56. The number of fused-ring (bicyclic) bond motifs is 5. The Labute approximate surface area is 181 Å². The van der Waals surface area contributed by atoms with Crippen LogP contribution in [0.3, 0.4) is 0 Å². The summed E-state index contributed by atoms with van der Waals surface area (Å²) in [6.45, 7) is 7.63. The largest absolute Gasteiger partial charge is 0.384 e. The number of nitrogens with one attached hydrogen (secondary N) is 2. The van der Waals surface area contributed by atoms with Crippen molar-refractivity contribution in [2.24, 2.45) is 40.4 Å². The van der Waals surface area contributed by atoms with Crippen LogP contribution in [0.15, 0.2) is 11.8 Å². The Balaban J connectivity index is 1.38. The second kappa shape index (κ2) is 7.90. The van der Waals surface area contributed by atoms with Gasteiger partial charge in [-0.25, -0.2) is 0 Å². The van der Waals surface area contributed by atoms with E-state index in [0.29, 0.717) is 34.9 Å². The number of ether oxygens (including phenoxy) is 1. The maximum Gasteiger partial charge on any atom is 0.139 e. The fourth-order valence-corrected chi connectivity index (χ4v) is 8.23. The van der Waals surface area contributed by atoms with Gasteiger partial charge in [-0.05, 0) is 86.5 Å². The van der Waals surface area contributed by atoms with E-state index in [1.807, 2.05) is 7.11 Å². The average molecular weight is 417 g/mol. The Hall–Kier alpha value is -0.910. The molecule has 0 aromatic heterocycles. The van der Waals surface area contributed by atoms with Gasteiger partial charge in [0, 0.05) is 37.8 Å². The third-order valence-electron chi connectivity index (χ3n) is 9.90. The first-order valence-electron chi connectivity index (χ1n) is 12.3. The molecule has 0 bridgehead atoms. The fourth-order valence-electron chi connectivity index (χ4n) is 8.23.